The number of nitrogens with two attached hydrogens (primary N) is 1. The normalized spacial score (nSPS) is 12.2. The van der Waals surface area contributed by atoms with Crippen LogP contribution in [0.15, 0.2) is 18.2 Å². The summed E-state index contributed by atoms with van der Waals surface area (Å²) in [5.41, 5.74) is 5.23. The zero-order chi connectivity index (χ0) is 14.3. The van der Waals surface area contributed by atoms with Crippen LogP contribution in [-0.4, -0.2) is 25.1 Å². The molecule has 1 unspecified atom stereocenters. The fourth-order valence-electron chi connectivity index (χ4n) is 1.52. The molecular weight excluding hydrogens is 254 g/mol. The fourth-order valence-corrected chi connectivity index (χ4v) is 1.52. The standard InChI is InChI=1S/C13H18F2N2O2/c1-2-6-17-12(13(16)18)5-7-19-9-3-4-10(14)11(15)8-9/h3-4,8,12,17H,2,5-7H2,1H3,(H2,16,18). The summed E-state index contributed by atoms with van der Waals surface area (Å²) in [5, 5.41) is 2.99. The first-order chi connectivity index (χ1) is 9.04. The minimum Gasteiger partial charge on any atom is -0.493 e. The first-order valence-electron chi connectivity index (χ1n) is 6.15. The number of primary amides is 1. The Kier molecular flexibility index (Phi) is 6.21. The Morgan fingerprint density at radius 2 is 2.16 bits per heavy atom. The molecule has 3 N–H and O–H groups in total. The van der Waals surface area contributed by atoms with Gasteiger partial charge in [0.2, 0.25) is 5.91 Å². The van der Waals surface area contributed by atoms with Crippen LogP contribution in [0.2, 0.25) is 0 Å². The number of halogens is 2. The number of hydrogen-bond donors (Lipinski definition) is 2. The first-order valence-corrected chi connectivity index (χ1v) is 6.15. The highest BCUT2D eigenvalue weighted by molar-refractivity contribution is 5.79. The summed E-state index contributed by atoms with van der Waals surface area (Å²) in [4.78, 5) is 11.1. The van der Waals surface area contributed by atoms with E-state index in [0.29, 0.717) is 13.0 Å². The van der Waals surface area contributed by atoms with Gasteiger partial charge in [-0.05, 0) is 25.1 Å². The van der Waals surface area contributed by atoms with Crippen LogP contribution in [0.4, 0.5) is 8.78 Å². The zero-order valence-corrected chi connectivity index (χ0v) is 10.8. The number of benzene rings is 1. The largest absolute Gasteiger partial charge is 0.493 e. The fraction of sp³-hybridized carbons (Fsp3) is 0.462. The number of rotatable bonds is 8. The Hall–Kier alpha value is -1.69. The van der Waals surface area contributed by atoms with E-state index in [1.54, 1.807) is 0 Å². The smallest absolute Gasteiger partial charge is 0.234 e. The summed E-state index contributed by atoms with van der Waals surface area (Å²) < 4.78 is 30.9. The van der Waals surface area contributed by atoms with Crippen molar-refractivity contribution in [3.8, 4) is 5.75 Å². The van der Waals surface area contributed by atoms with E-state index in [4.69, 9.17) is 10.5 Å². The average molecular weight is 272 g/mol. The van der Waals surface area contributed by atoms with Gasteiger partial charge in [-0.2, -0.15) is 0 Å². The van der Waals surface area contributed by atoms with E-state index in [1.807, 2.05) is 6.92 Å². The quantitative estimate of drug-likeness (QED) is 0.755. The van der Waals surface area contributed by atoms with E-state index in [9.17, 15) is 13.6 Å². The van der Waals surface area contributed by atoms with Gasteiger partial charge in [0, 0.05) is 12.5 Å². The topological polar surface area (TPSA) is 64.3 Å². The van der Waals surface area contributed by atoms with Crippen LogP contribution >= 0.6 is 0 Å². The van der Waals surface area contributed by atoms with Crippen molar-refractivity contribution < 1.29 is 18.3 Å². The van der Waals surface area contributed by atoms with Crippen molar-refractivity contribution in [2.45, 2.75) is 25.8 Å². The molecule has 1 amide bonds. The highest BCUT2D eigenvalue weighted by atomic mass is 19.2. The van der Waals surface area contributed by atoms with Crippen LogP contribution in [0.5, 0.6) is 5.75 Å². The van der Waals surface area contributed by atoms with Gasteiger partial charge in [-0.25, -0.2) is 8.78 Å². The van der Waals surface area contributed by atoms with Crippen molar-refractivity contribution >= 4 is 5.91 Å². The van der Waals surface area contributed by atoms with Gasteiger partial charge in [-0.15, -0.1) is 0 Å². The zero-order valence-electron chi connectivity index (χ0n) is 10.8. The SMILES string of the molecule is CCCNC(CCOc1ccc(F)c(F)c1)C(N)=O. The summed E-state index contributed by atoms with van der Waals surface area (Å²) in [7, 11) is 0. The molecule has 19 heavy (non-hydrogen) atoms. The first kappa shape index (κ1) is 15.4. The molecular formula is C13H18F2N2O2. The number of ether oxygens (including phenoxy) is 1. The third kappa shape index (κ3) is 5.21. The predicted molar refractivity (Wildman–Crippen MR) is 67.7 cm³/mol. The highest BCUT2D eigenvalue weighted by Gasteiger charge is 2.14. The van der Waals surface area contributed by atoms with Gasteiger partial charge in [-0.1, -0.05) is 6.92 Å². The molecule has 0 aromatic heterocycles. The Morgan fingerprint density at radius 1 is 1.42 bits per heavy atom. The van der Waals surface area contributed by atoms with E-state index in [0.717, 1.165) is 18.6 Å². The molecule has 1 aromatic rings. The van der Waals surface area contributed by atoms with Crippen molar-refractivity contribution in [1.82, 2.24) is 5.32 Å². The molecule has 0 saturated carbocycles. The number of hydrogen-bond acceptors (Lipinski definition) is 3. The van der Waals surface area contributed by atoms with E-state index in [1.165, 1.54) is 6.07 Å². The van der Waals surface area contributed by atoms with Crippen LogP contribution < -0.4 is 15.8 Å². The van der Waals surface area contributed by atoms with Gasteiger partial charge < -0.3 is 15.8 Å². The number of carbonyl (C=O) groups is 1. The third-order valence-corrected chi connectivity index (χ3v) is 2.55. The molecule has 0 heterocycles. The van der Waals surface area contributed by atoms with Gasteiger partial charge >= 0.3 is 0 Å². The van der Waals surface area contributed by atoms with Gasteiger partial charge in [0.15, 0.2) is 11.6 Å². The van der Waals surface area contributed by atoms with Crippen molar-refractivity contribution in [1.29, 1.82) is 0 Å². The van der Waals surface area contributed by atoms with Crippen LogP contribution in [0.1, 0.15) is 19.8 Å². The molecule has 0 fully saturated rings. The third-order valence-electron chi connectivity index (χ3n) is 2.55. The second-order valence-electron chi connectivity index (χ2n) is 4.12. The lowest BCUT2D eigenvalue weighted by atomic mass is 10.2. The van der Waals surface area contributed by atoms with Gasteiger partial charge in [0.25, 0.3) is 0 Å². The summed E-state index contributed by atoms with van der Waals surface area (Å²) in [6.45, 7) is 2.84. The van der Waals surface area contributed by atoms with E-state index in [-0.39, 0.29) is 12.4 Å². The van der Waals surface area contributed by atoms with E-state index in [2.05, 4.69) is 5.32 Å². The number of carbonyl (C=O) groups excluding carboxylic acids is 1. The average Bonchev–Trinajstić information content (AvgIpc) is 2.37. The van der Waals surface area contributed by atoms with Crippen molar-refractivity contribution in [2.75, 3.05) is 13.2 Å². The van der Waals surface area contributed by atoms with Crippen molar-refractivity contribution in [2.24, 2.45) is 5.73 Å². The van der Waals surface area contributed by atoms with E-state index < -0.39 is 23.6 Å². The summed E-state index contributed by atoms with van der Waals surface area (Å²) in [5.74, 6) is -2.13. The Balaban J connectivity index is 2.42. The van der Waals surface area contributed by atoms with Crippen molar-refractivity contribution in [3.63, 3.8) is 0 Å². The summed E-state index contributed by atoms with van der Waals surface area (Å²) >= 11 is 0. The minimum absolute atomic E-state index is 0.190. The predicted octanol–water partition coefficient (Wildman–Crippen LogP) is 1.59. The Bertz CT molecular complexity index is 427. The highest BCUT2D eigenvalue weighted by Crippen LogP contribution is 2.15. The minimum atomic E-state index is -0.965. The summed E-state index contributed by atoms with van der Waals surface area (Å²) in [6, 6.07) is 2.81. The lowest BCUT2D eigenvalue weighted by Gasteiger charge is -2.15. The lowest BCUT2D eigenvalue weighted by molar-refractivity contribution is -0.120. The molecule has 0 aliphatic rings. The molecule has 0 saturated heterocycles. The second kappa shape index (κ2) is 7.68. The molecule has 0 radical (unpaired) electrons. The monoisotopic (exact) mass is 272 g/mol. The molecule has 0 bridgehead atoms. The molecule has 106 valence electrons. The van der Waals surface area contributed by atoms with Gasteiger partial charge in [0.05, 0.1) is 12.6 Å². The van der Waals surface area contributed by atoms with Gasteiger partial charge in [0.1, 0.15) is 5.75 Å². The molecule has 1 atom stereocenters. The molecule has 0 aliphatic carbocycles. The van der Waals surface area contributed by atoms with Crippen LogP contribution in [0, 0.1) is 11.6 Å². The Morgan fingerprint density at radius 3 is 2.74 bits per heavy atom. The second-order valence-corrected chi connectivity index (χ2v) is 4.12. The molecule has 0 spiro atoms. The number of amides is 1. The number of nitrogens with one attached hydrogen (secondary N) is 1. The van der Waals surface area contributed by atoms with Crippen LogP contribution in [-0.2, 0) is 4.79 Å². The van der Waals surface area contributed by atoms with Crippen molar-refractivity contribution in [3.05, 3.63) is 29.8 Å². The molecule has 0 aliphatic heterocycles. The Labute approximate surface area is 110 Å². The molecule has 1 aromatic carbocycles. The van der Waals surface area contributed by atoms with Gasteiger partial charge in [-0.3, -0.25) is 4.79 Å². The maximum Gasteiger partial charge on any atom is 0.234 e. The molecule has 6 heteroatoms. The van der Waals surface area contributed by atoms with Crippen LogP contribution in [0.3, 0.4) is 0 Å². The maximum absolute atomic E-state index is 12.9. The molecule has 4 nitrogen and oxygen atoms in total. The maximum atomic E-state index is 12.9. The van der Waals surface area contributed by atoms with Crippen LogP contribution in [0.25, 0.3) is 0 Å². The molecule has 1 rings (SSSR count). The lowest BCUT2D eigenvalue weighted by Crippen LogP contribution is -2.42. The summed E-state index contributed by atoms with van der Waals surface area (Å²) in [6.07, 6.45) is 1.25. The van der Waals surface area contributed by atoms with E-state index >= 15 is 0 Å².